The number of carbonyl (C=O) groups is 1. The third-order valence-electron chi connectivity index (χ3n) is 2.07. The van der Waals surface area contributed by atoms with Crippen molar-refractivity contribution >= 4 is 17.3 Å². The Morgan fingerprint density at radius 3 is 2.67 bits per heavy atom. The molecule has 0 saturated carbocycles. The van der Waals surface area contributed by atoms with E-state index in [9.17, 15) is 23.7 Å². The topological polar surface area (TPSA) is 84.3 Å². The Morgan fingerprint density at radius 1 is 1.44 bits per heavy atom. The number of nitro groups is 1. The molecule has 0 radical (unpaired) electrons. The molecule has 1 aromatic rings. The first-order chi connectivity index (χ1) is 8.47. The second kappa shape index (κ2) is 6.01. The molecule has 0 aliphatic carbocycles. The van der Waals surface area contributed by atoms with Crippen molar-refractivity contribution in [3.8, 4) is 0 Å². The molecule has 0 aliphatic heterocycles. The molecule has 0 saturated heterocycles. The van der Waals surface area contributed by atoms with Crippen LogP contribution in [0.1, 0.15) is 6.92 Å². The lowest BCUT2D eigenvalue weighted by Crippen LogP contribution is -2.28. The summed E-state index contributed by atoms with van der Waals surface area (Å²) in [4.78, 5) is 21.1. The average molecular weight is 259 g/mol. The molecular weight excluding hydrogens is 248 g/mol. The van der Waals surface area contributed by atoms with Crippen LogP contribution in [0.15, 0.2) is 12.1 Å². The van der Waals surface area contributed by atoms with E-state index in [1.165, 1.54) is 0 Å². The molecule has 1 rings (SSSR count). The van der Waals surface area contributed by atoms with E-state index >= 15 is 0 Å². The lowest BCUT2D eigenvalue weighted by molar-refractivity contribution is -0.384. The second-order valence-corrected chi connectivity index (χ2v) is 3.34. The maximum Gasteiger partial charge on any atom is 0.296 e. The summed E-state index contributed by atoms with van der Waals surface area (Å²) >= 11 is 0. The maximum absolute atomic E-state index is 13.4. The monoisotopic (exact) mass is 259 g/mol. The van der Waals surface area contributed by atoms with Crippen molar-refractivity contribution in [1.29, 1.82) is 0 Å². The second-order valence-electron chi connectivity index (χ2n) is 3.34. The molecule has 0 fully saturated rings. The Kier molecular flexibility index (Phi) is 4.67. The molecule has 18 heavy (non-hydrogen) atoms. The number of carbonyl (C=O) groups excluding carboxylic acids is 1. The number of hydrogen-bond acceptors (Lipinski definition) is 4. The van der Waals surface area contributed by atoms with Crippen molar-refractivity contribution in [3.05, 3.63) is 33.9 Å². The van der Waals surface area contributed by atoms with Crippen LogP contribution in [0.3, 0.4) is 0 Å². The average Bonchev–Trinajstić information content (AvgIpc) is 2.32. The van der Waals surface area contributed by atoms with Gasteiger partial charge in [-0.05, 0) is 12.6 Å². The normalized spacial score (nSPS) is 10.2. The lowest BCUT2D eigenvalue weighted by Gasteiger charge is -2.07. The number of benzene rings is 1. The minimum atomic E-state index is -1.45. The van der Waals surface area contributed by atoms with Gasteiger partial charge < -0.3 is 10.6 Å². The summed E-state index contributed by atoms with van der Waals surface area (Å²) < 4.78 is 26.4. The molecule has 0 spiro atoms. The molecule has 98 valence electrons. The number of likely N-dealkylation sites (N-methyl/N-ethyl adjacent to an activating group) is 1. The summed E-state index contributed by atoms with van der Waals surface area (Å²) in [6.07, 6.45) is 0. The minimum Gasteiger partial charge on any atom is -0.317 e. The third-order valence-corrected chi connectivity index (χ3v) is 2.07. The summed E-state index contributed by atoms with van der Waals surface area (Å²) in [6, 6.07) is 1.43. The van der Waals surface area contributed by atoms with Crippen LogP contribution in [0.25, 0.3) is 0 Å². The summed E-state index contributed by atoms with van der Waals surface area (Å²) in [5, 5.41) is 15.3. The van der Waals surface area contributed by atoms with Crippen LogP contribution >= 0.6 is 0 Å². The highest BCUT2D eigenvalue weighted by atomic mass is 19.2. The van der Waals surface area contributed by atoms with Crippen LogP contribution in [-0.4, -0.2) is 23.9 Å². The number of anilines is 1. The highest BCUT2D eigenvalue weighted by Gasteiger charge is 2.22. The van der Waals surface area contributed by atoms with Gasteiger partial charge in [0.25, 0.3) is 5.69 Å². The van der Waals surface area contributed by atoms with Crippen molar-refractivity contribution in [3.63, 3.8) is 0 Å². The first kappa shape index (κ1) is 14.0. The quantitative estimate of drug-likeness (QED) is 0.618. The van der Waals surface area contributed by atoms with Crippen molar-refractivity contribution in [2.24, 2.45) is 0 Å². The van der Waals surface area contributed by atoms with Gasteiger partial charge in [0, 0.05) is 6.07 Å². The third kappa shape index (κ3) is 3.20. The fourth-order valence-corrected chi connectivity index (χ4v) is 1.23. The van der Waals surface area contributed by atoms with E-state index in [0.717, 1.165) is 6.07 Å². The summed E-state index contributed by atoms with van der Waals surface area (Å²) in [5.41, 5.74) is -1.46. The molecule has 8 heteroatoms. The van der Waals surface area contributed by atoms with Gasteiger partial charge in [0.1, 0.15) is 0 Å². The molecule has 0 atom stereocenters. The Morgan fingerprint density at radius 2 is 2.11 bits per heavy atom. The van der Waals surface area contributed by atoms with Crippen LogP contribution in [0.4, 0.5) is 20.2 Å². The van der Waals surface area contributed by atoms with E-state index < -0.39 is 33.8 Å². The van der Waals surface area contributed by atoms with Gasteiger partial charge in [-0.2, -0.15) is 0 Å². The molecule has 2 N–H and O–H groups in total. The molecule has 1 amide bonds. The molecule has 0 unspecified atom stereocenters. The number of nitrogens with one attached hydrogen (secondary N) is 2. The van der Waals surface area contributed by atoms with Gasteiger partial charge in [0.05, 0.1) is 11.5 Å². The van der Waals surface area contributed by atoms with E-state index in [1.54, 1.807) is 6.92 Å². The Bertz CT molecular complexity index is 480. The Hall–Kier alpha value is -2.09. The molecule has 0 aromatic heterocycles. The smallest absolute Gasteiger partial charge is 0.296 e. The van der Waals surface area contributed by atoms with Gasteiger partial charge in [0.15, 0.2) is 17.3 Å². The van der Waals surface area contributed by atoms with E-state index in [-0.39, 0.29) is 6.54 Å². The summed E-state index contributed by atoms with van der Waals surface area (Å²) in [7, 11) is 0. The van der Waals surface area contributed by atoms with Gasteiger partial charge in [0.2, 0.25) is 5.91 Å². The van der Waals surface area contributed by atoms with Crippen molar-refractivity contribution in [1.82, 2.24) is 5.32 Å². The fraction of sp³-hybridized carbons (Fsp3) is 0.300. The largest absolute Gasteiger partial charge is 0.317 e. The first-order valence-electron chi connectivity index (χ1n) is 5.10. The zero-order valence-electron chi connectivity index (χ0n) is 9.50. The fourth-order valence-electron chi connectivity index (χ4n) is 1.23. The van der Waals surface area contributed by atoms with Crippen LogP contribution in [-0.2, 0) is 4.79 Å². The Labute approximate surface area is 101 Å². The van der Waals surface area contributed by atoms with Crippen molar-refractivity contribution in [2.75, 3.05) is 18.4 Å². The number of hydrogen-bond donors (Lipinski definition) is 2. The molecular formula is C10H11F2N3O3. The molecule has 0 aliphatic rings. The van der Waals surface area contributed by atoms with E-state index in [1.807, 2.05) is 5.32 Å². The molecule has 6 nitrogen and oxygen atoms in total. The number of rotatable bonds is 5. The van der Waals surface area contributed by atoms with E-state index in [0.29, 0.717) is 12.6 Å². The number of nitro benzene ring substituents is 1. The predicted molar refractivity (Wildman–Crippen MR) is 60.2 cm³/mol. The van der Waals surface area contributed by atoms with Crippen LogP contribution in [0, 0.1) is 21.7 Å². The van der Waals surface area contributed by atoms with Gasteiger partial charge in [-0.3, -0.25) is 14.9 Å². The first-order valence-corrected chi connectivity index (χ1v) is 5.10. The highest BCUT2D eigenvalue weighted by molar-refractivity contribution is 5.94. The number of nitrogens with zero attached hydrogens (tertiary/aromatic N) is 1. The predicted octanol–water partition coefficient (Wildman–Crippen LogP) is 1.42. The number of amides is 1. The Balaban J connectivity index is 3.02. The standard InChI is InChI=1S/C10H11F2N3O3/c1-2-13-5-8(16)14-10-7(15(17)18)4-3-6(11)9(10)12/h3-4,13H,2,5H2,1H3,(H,14,16). The van der Waals surface area contributed by atoms with Crippen molar-refractivity contribution in [2.45, 2.75) is 6.92 Å². The van der Waals surface area contributed by atoms with Crippen molar-refractivity contribution < 1.29 is 18.5 Å². The van der Waals surface area contributed by atoms with Crippen LogP contribution in [0.2, 0.25) is 0 Å². The summed E-state index contributed by atoms with van der Waals surface area (Å²) in [6.45, 7) is 2.10. The molecule has 0 bridgehead atoms. The van der Waals surface area contributed by atoms with Crippen LogP contribution in [0.5, 0.6) is 0 Å². The zero-order chi connectivity index (χ0) is 13.7. The van der Waals surface area contributed by atoms with Gasteiger partial charge in [-0.1, -0.05) is 6.92 Å². The van der Waals surface area contributed by atoms with Gasteiger partial charge >= 0.3 is 0 Å². The van der Waals surface area contributed by atoms with E-state index in [2.05, 4.69) is 5.32 Å². The van der Waals surface area contributed by atoms with E-state index in [4.69, 9.17) is 0 Å². The zero-order valence-corrected chi connectivity index (χ0v) is 9.50. The molecule has 0 heterocycles. The minimum absolute atomic E-state index is 0.149. The van der Waals surface area contributed by atoms with Gasteiger partial charge in [-0.25, -0.2) is 8.78 Å². The van der Waals surface area contributed by atoms with Crippen LogP contribution < -0.4 is 10.6 Å². The number of halogens is 2. The highest BCUT2D eigenvalue weighted by Crippen LogP contribution is 2.28. The lowest BCUT2D eigenvalue weighted by atomic mass is 10.2. The molecule has 1 aromatic carbocycles. The summed E-state index contributed by atoms with van der Waals surface area (Å²) in [5.74, 6) is -3.40. The van der Waals surface area contributed by atoms with Gasteiger partial charge in [-0.15, -0.1) is 0 Å². The SMILES string of the molecule is CCNCC(=O)Nc1c([N+](=O)[O-])ccc(F)c1F. The maximum atomic E-state index is 13.4.